The van der Waals surface area contributed by atoms with Crippen molar-refractivity contribution < 1.29 is 19.0 Å². The number of carbonyl (C=O) groups is 1. The van der Waals surface area contributed by atoms with Crippen LogP contribution in [-0.2, 0) is 9.53 Å². The summed E-state index contributed by atoms with van der Waals surface area (Å²) in [6.07, 6.45) is -0.223. The van der Waals surface area contributed by atoms with Crippen LogP contribution in [0.15, 0.2) is 29.1 Å². The first-order valence-electron chi connectivity index (χ1n) is 8.00. The molecule has 1 aromatic heterocycles. The van der Waals surface area contributed by atoms with E-state index in [9.17, 15) is 14.9 Å². The molecule has 2 rings (SSSR count). The van der Waals surface area contributed by atoms with E-state index in [1.54, 1.807) is 45.0 Å². The molecule has 0 saturated carbocycles. The third-order valence-corrected chi connectivity index (χ3v) is 3.47. The molecule has 2 aromatic rings. The number of H-pyrrole nitrogens is 1. The molecule has 1 heterocycles. The second-order valence-corrected chi connectivity index (χ2v) is 5.87. The number of esters is 1. The Bertz CT molecular complexity index is 909. The molecular weight excluding hydrogens is 336 g/mol. The fourth-order valence-corrected chi connectivity index (χ4v) is 2.42. The van der Waals surface area contributed by atoms with Crippen molar-refractivity contribution in [2.24, 2.45) is 0 Å². The molecule has 136 valence electrons. The minimum atomic E-state index is -0.483. The molecule has 7 heteroatoms. The van der Waals surface area contributed by atoms with E-state index >= 15 is 0 Å². The number of carbonyl (C=O) groups excluding carboxylic acids is 1. The maximum atomic E-state index is 12.0. The Labute approximate surface area is 151 Å². The summed E-state index contributed by atoms with van der Waals surface area (Å²) in [5.74, 6) is 0.252. The Morgan fingerprint density at radius 1 is 1.27 bits per heavy atom. The van der Waals surface area contributed by atoms with Gasteiger partial charge in [-0.25, -0.2) is 4.79 Å². The molecule has 0 aliphatic rings. The standard InChI is InChI=1S/C19H20N2O5/c1-11(2)26-18(22)10-25-16-6-5-13(8-17(16)24-4)14-7-12(3)21-19(23)15(14)9-20/h5-8,11H,10H2,1-4H3,(H,21,23). The average Bonchev–Trinajstić information content (AvgIpc) is 2.58. The van der Waals surface area contributed by atoms with Gasteiger partial charge in [-0.05, 0) is 44.5 Å². The number of nitrogens with zero attached hydrogens (tertiary/aromatic N) is 1. The Balaban J connectivity index is 2.34. The van der Waals surface area contributed by atoms with Crippen LogP contribution >= 0.6 is 0 Å². The van der Waals surface area contributed by atoms with Crippen LogP contribution in [-0.4, -0.2) is 30.8 Å². The zero-order chi connectivity index (χ0) is 19.3. The zero-order valence-corrected chi connectivity index (χ0v) is 15.1. The number of rotatable bonds is 6. The number of aromatic amines is 1. The maximum Gasteiger partial charge on any atom is 0.344 e. The lowest BCUT2D eigenvalue weighted by Gasteiger charge is -2.13. The van der Waals surface area contributed by atoms with Gasteiger partial charge in [-0.2, -0.15) is 5.26 Å². The van der Waals surface area contributed by atoms with Gasteiger partial charge in [0.2, 0.25) is 0 Å². The molecule has 0 aliphatic carbocycles. The predicted molar refractivity (Wildman–Crippen MR) is 95.2 cm³/mol. The molecule has 0 radical (unpaired) electrons. The SMILES string of the molecule is COc1cc(-c2cc(C)[nH]c(=O)c2C#N)ccc1OCC(=O)OC(C)C. The molecular formula is C19H20N2O5. The molecule has 0 unspecified atom stereocenters. The topological polar surface area (TPSA) is 101 Å². The number of nitrogens with one attached hydrogen (secondary N) is 1. The molecule has 1 aromatic carbocycles. The number of hydrogen-bond donors (Lipinski definition) is 1. The van der Waals surface area contributed by atoms with Gasteiger partial charge in [0.15, 0.2) is 18.1 Å². The van der Waals surface area contributed by atoms with Crippen molar-refractivity contribution in [3.63, 3.8) is 0 Å². The molecule has 7 nitrogen and oxygen atoms in total. The molecule has 0 saturated heterocycles. The minimum absolute atomic E-state index is 0.0202. The number of methoxy groups -OCH3 is 1. The summed E-state index contributed by atoms with van der Waals surface area (Å²) in [5, 5.41) is 9.27. The third kappa shape index (κ3) is 4.42. The summed E-state index contributed by atoms with van der Waals surface area (Å²) < 4.78 is 15.8. The Hall–Kier alpha value is -3.27. The highest BCUT2D eigenvalue weighted by atomic mass is 16.6. The van der Waals surface area contributed by atoms with E-state index in [0.717, 1.165) is 0 Å². The number of aryl methyl sites for hydroxylation is 1. The van der Waals surface area contributed by atoms with Gasteiger partial charge in [-0.3, -0.25) is 4.79 Å². The first-order valence-corrected chi connectivity index (χ1v) is 8.00. The summed E-state index contributed by atoms with van der Waals surface area (Å²) in [5.41, 5.74) is 1.34. The Morgan fingerprint density at radius 2 is 2.00 bits per heavy atom. The molecule has 1 N–H and O–H groups in total. The third-order valence-electron chi connectivity index (χ3n) is 3.47. The van der Waals surface area contributed by atoms with Gasteiger partial charge in [-0.1, -0.05) is 6.07 Å². The maximum absolute atomic E-state index is 12.0. The lowest BCUT2D eigenvalue weighted by atomic mass is 10.0. The predicted octanol–water partition coefficient (Wildman–Crippen LogP) is 2.56. The highest BCUT2D eigenvalue weighted by Crippen LogP contribution is 2.33. The van der Waals surface area contributed by atoms with Crippen molar-refractivity contribution >= 4 is 5.97 Å². The van der Waals surface area contributed by atoms with Gasteiger partial charge < -0.3 is 19.2 Å². The summed E-state index contributed by atoms with van der Waals surface area (Å²) in [4.78, 5) is 26.2. The van der Waals surface area contributed by atoms with E-state index in [0.29, 0.717) is 28.3 Å². The minimum Gasteiger partial charge on any atom is -0.493 e. The van der Waals surface area contributed by atoms with E-state index in [-0.39, 0.29) is 18.3 Å². The van der Waals surface area contributed by atoms with Gasteiger partial charge in [-0.15, -0.1) is 0 Å². The summed E-state index contributed by atoms with van der Waals surface area (Å²) in [6, 6.07) is 8.61. The van der Waals surface area contributed by atoms with Crippen molar-refractivity contribution in [2.75, 3.05) is 13.7 Å². The van der Waals surface area contributed by atoms with E-state index in [2.05, 4.69) is 4.98 Å². The van der Waals surface area contributed by atoms with Gasteiger partial charge in [0, 0.05) is 11.3 Å². The van der Waals surface area contributed by atoms with Crippen LogP contribution in [0.1, 0.15) is 25.1 Å². The number of pyridine rings is 1. The van der Waals surface area contributed by atoms with Crippen LogP contribution in [0.4, 0.5) is 0 Å². The van der Waals surface area contributed by atoms with Gasteiger partial charge in [0.1, 0.15) is 11.6 Å². The smallest absolute Gasteiger partial charge is 0.344 e. The molecule has 0 spiro atoms. The van der Waals surface area contributed by atoms with Crippen LogP contribution < -0.4 is 15.0 Å². The van der Waals surface area contributed by atoms with Crippen molar-refractivity contribution in [2.45, 2.75) is 26.9 Å². The Kier molecular flexibility index (Phi) is 6.02. The first-order chi connectivity index (χ1) is 12.3. The lowest BCUT2D eigenvalue weighted by Crippen LogP contribution is -2.18. The number of hydrogen-bond acceptors (Lipinski definition) is 6. The fraction of sp³-hybridized carbons (Fsp3) is 0.316. The molecule has 0 fully saturated rings. The van der Waals surface area contributed by atoms with Crippen LogP contribution in [0.2, 0.25) is 0 Å². The molecule has 0 aliphatic heterocycles. The van der Waals surface area contributed by atoms with E-state index in [4.69, 9.17) is 14.2 Å². The highest BCUT2D eigenvalue weighted by Gasteiger charge is 2.14. The normalized spacial score (nSPS) is 10.3. The van der Waals surface area contributed by atoms with Gasteiger partial charge in [0.05, 0.1) is 13.2 Å². The quantitative estimate of drug-likeness (QED) is 0.798. The monoisotopic (exact) mass is 356 g/mol. The van der Waals surface area contributed by atoms with Gasteiger partial charge in [0.25, 0.3) is 5.56 Å². The summed E-state index contributed by atoms with van der Waals surface area (Å²) in [7, 11) is 1.46. The van der Waals surface area contributed by atoms with E-state index in [1.807, 2.05) is 6.07 Å². The molecule has 0 amide bonds. The Morgan fingerprint density at radius 3 is 2.62 bits per heavy atom. The second kappa shape index (κ2) is 8.21. The van der Waals surface area contributed by atoms with Gasteiger partial charge >= 0.3 is 5.97 Å². The molecule has 0 bridgehead atoms. The van der Waals surface area contributed by atoms with Crippen molar-refractivity contribution in [3.05, 3.63) is 45.9 Å². The number of aromatic nitrogens is 1. The summed E-state index contributed by atoms with van der Waals surface area (Å²) >= 11 is 0. The fourth-order valence-electron chi connectivity index (χ4n) is 2.42. The molecule has 26 heavy (non-hydrogen) atoms. The first kappa shape index (κ1) is 19.1. The average molecular weight is 356 g/mol. The number of benzene rings is 1. The van der Waals surface area contributed by atoms with Crippen molar-refractivity contribution in [1.82, 2.24) is 4.98 Å². The zero-order valence-electron chi connectivity index (χ0n) is 15.1. The largest absolute Gasteiger partial charge is 0.493 e. The van der Waals surface area contributed by atoms with Crippen LogP contribution in [0.5, 0.6) is 11.5 Å². The van der Waals surface area contributed by atoms with Crippen LogP contribution in [0, 0.1) is 18.3 Å². The number of ether oxygens (including phenoxy) is 3. The van der Waals surface area contributed by atoms with Crippen molar-refractivity contribution in [3.8, 4) is 28.7 Å². The van der Waals surface area contributed by atoms with E-state index in [1.165, 1.54) is 7.11 Å². The lowest BCUT2D eigenvalue weighted by molar-refractivity contribution is -0.149. The number of nitriles is 1. The van der Waals surface area contributed by atoms with Crippen LogP contribution in [0.3, 0.4) is 0 Å². The van der Waals surface area contributed by atoms with Crippen molar-refractivity contribution in [1.29, 1.82) is 5.26 Å². The molecule has 0 atom stereocenters. The highest BCUT2D eigenvalue weighted by molar-refractivity contribution is 5.74. The second-order valence-electron chi connectivity index (χ2n) is 5.87. The van der Waals surface area contributed by atoms with Crippen LogP contribution in [0.25, 0.3) is 11.1 Å². The summed E-state index contributed by atoms with van der Waals surface area (Å²) in [6.45, 7) is 5.00. The van der Waals surface area contributed by atoms with E-state index < -0.39 is 11.5 Å².